The number of hydrogen-bond acceptors (Lipinski definition) is 3. The van der Waals surface area contributed by atoms with Gasteiger partial charge in [-0.15, -0.1) is 0 Å². The molecule has 1 aromatic rings. The Morgan fingerprint density at radius 3 is 2.73 bits per heavy atom. The maximum absolute atomic E-state index is 13.9. The van der Waals surface area contributed by atoms with Gasteiger partial charge < -0.3 is 15.3 Å². The molecule has 118 valence electrons. The molecule has 2 amide bonds. The van der Waals surface area contributed by atoms with Crippen molar-refractivity contribution in [3.8, 4) is 0 Å². The summed E-state index contributed by atoms with van der Waals surface area (Å²) in [6, 6.07) is 6.65. The Labute approximate surface area is 134 Å². The average molecular weight is 373 g/mol. The smallest absolute Gasteiger partial charge is 0.343 e. The number of benzene rings is 1. The third-order valence-corrected chi connectivity index (χ3v) is 3.94. The second-order valence-corrected chi connectivity index (χ2v) is 5.94. The van der Waals surface area contributed by atoms with Gasteiger partial charge in [-0.2, -0.15) is 0 Å². The first-order valence-electron chi connectivity index (χ1n) is 6.56. The molecule has 0 aliphatic carbocycles. The molecular weight excluding hydrogens is 359 g/mol. The third-order valence-electron chi connectivity index (χ3n) is 3.44. The number of alkyl halides is 1. The van der Waals surface area contributed by atoms with Crippen LogP contribution in [0.2, 0.25) is 0 Å². The van der Waals surface area contributed by atoms with Crippen molar-refractivity contribution < 1.29 is 23.9 Å². The summed E-state index contributed by atoms with van der Waals surface area (Å²) in [5.41, 5.74) is -2.02. The van der Waals surface area contributed by atoms with E-state index in [0.717, 1.165) is 9.37 Å². The van der Waals surface area contributed by atoms with E-state index < -0.39 is 30.0 Å². The van der Waals surface area contributed by atoms with Crippen LogP contribution in [0.25, 0.3) is 0 Å². The summed E-state index contributed by atoms with van der Waals surface area (Å²) in [5.74, 6) is -2.51. The van der Waals surface area contributed by atoms with Crippen LogP contribution >= 0.6 is 15.9 Å². The van der Waals surface area contributed by atoms with Crippen LogP contribution < -0.4 is 5.32 Å². The number of carbonyl (C=O) groups excluding carboxylic acids is 2. The molecular formula is C14H14BrFN2O4. The predicted octanol–water partition coefficient (Wildman–Crippen LogP) is 1.20. The monoisotopic (exact) mass is 372 g/mol. The van der Waals surface area contributed by atoms with E-state index >= 15 is 0 Å². The van der Waals surface area contributed by atoms with Crippen LogP contribution in [0.15, 0.2) is 28.7 Å². The summed E-state index contributed by atoms with van der Waals surface area (Å²) in [6.45, 7) is -0.774. The third kappa shape index (κ3) is 3.62. The number of carbonyl (C=O) groups is 3. The number of halogens is 2. The Hall–Kier alpha value is -1.96. The molecule has 1 saturated heterocycles. The Morgan fingerprint density at radius 2 is 2.14 bits per heavy atom. The molecule has 1 unspecified atom stereocenters. The Morgan fingerprint density at radius 1 is 1.41 bits per heavy atom. The van der Waals surface area contributed by atoms with Gasteiger partial charge in [-0.05, 0) is 18.2 Å². The molecule has 22 heavy (non-hydrogen) atoms. The van der Waals surface area contributed by atoms with Gasteiger partial charge in [-0.25, -0.2) is 9.18 Å². The molecule has 1 aliphatic heterocycles. The molecule has 0 aromatic heterocycles. The van der Waals surface area contributed by atoms with Gasteiger partial charge in [0.25, 0.3) is 5.91 Å². The highest BCUT2D eigenvalue weighted by molar-refractivity contribution is 9.10. The van der Waals surface area contributed by atoms with E-state index in [9.17, 15) is 18.8 Å². The summed E-state index contributed by atoms with van der Waals surface area (Å²) in [4.78, 5) is 35.7. The van der Waals surface area contributed by atoms with Gasteiger partial charge in [0.15, 0.2) is 0 Å². The van der Waals surface area contributed by atoms with E-state index in [0.29, 0.717) is 5.56 Å². The fraction of sp³-hybridized carbons (Fsp3) is 0.357. The van der Waals surface area contributed by atoms with Crippen molar-refractivity contribution in [2.75, 3.05) is 19.6 Å². The Bertz CT molecular complexity index is 625. The molecule has 6 nitrogen and oxygen atoms in total. The van der Waals surface area contributed by atoms with E-state index in [-0.39, 0.29) is 19.5 Å². The summed E-state index contributed by atoms with van der Waals surface area (Å²) in [7, 11) is 0. The highest BCUT2D eigenvalue weighted by atomic mass is 79.9. The number of nitrogens with zero attached hydrogens (tertiary/aromatic N) is 1. The van der Waals surface area contributed by atoms with E-state index in [2.05, 4.69) is 21.2 Å². The lowest BCUT2D eigenvalue weighted by molar-refractivity contribution is -0.150. The lowest BCUT2D eigenvalue weighted by Gasteiger charge is -2.18. The molecule has 1 heterocycles. The fourth-order valence-corrected chi connectivity index (χ4v) is 2.56. The summed E-state index contributed by atoms with van der Waals surface area (Å²) >= 11 is 3.24. The van der Waals surface area contributed by atoms with E-state index in [1.165, 1.54) is 0 Å². The maximum atomic E-state index is 13.9. The van der Waals surface area contributed by atoms with Crippen molar-refractivity contribution in [2.45, 2.75) is 12.1 Å². The van der Waals surface area contributed by atoms with Gasteiger partial charge >= 0.3 is 5.97 Å². The second-order valence-electron chi connectivity index (χ2n) is 5.03. The summed E-state index contributed by atoms with van der Waals surface area (Å²) in [5, 5.41) is 11.2. The number of carboxylic acids is 1. The number of amides is 2. The van der Waals surface area contributed by atoms with E-state index in [4.69, 9.17) is 5.11 Å². The highest BCUT2D eigenvalue weighted by Gasteiger charge is 2.46. The molecule has 2 rings (SSSR count). The first-order valence-corrected chi connectivity index (χ1v) is 7.35. The predicted molar refractivity (Wildman–Crippen MR) is 79.1 cm³/mol. The molecule has 0 spiro atoms. The van der Waals surface area contributed by atoms with Crippen molar-refractivity contribution in [2.24, 2.45) is 0 Å². The van der Waals surface area contributed by atoms with Crippen molar-refractivity contribution in [1.82, 2.24) is 10.2 Å². The van der Waals surface area contributed by atoms with E-state index in [1.807, 2.05) is 0 Å². The molecule has 1 aromatic carbocycles. The minimum Gasteiger partial charge on any atom is -0.479 e. The minimum absolute atomic E-state index is 0.0222. The summed E-state index contributed by atoms with van der Waals surface area (Å²) < 4.78 is 14.6. The largest absolute Gasteiger partial charge is 0.479 e. The number of aliphatic carboxylic acids is 1. The van der Waals surface area contributed by atoms with Crippen LogP contribution in [-0.4, -0.2) is 53.1 Å². The van der Waals surface area contributed by atoms with Crippen molar-refractivity contribution in [3.63, 3.8) is 0 Å². The van der Waals surface area contributed by atoms with Crippen molar-refractivity contribution in [3.05, 3.63) is 34.3 Å². The fourth-order valence-electron chi connectivity index (χ4n) is 2.16. The molecule has 1 atom stereocenters. The first kappa shape index (κ1) is 16.4. The average Bonchev–Trinajstić information content (AvgIpc) is 2.88. The standard InChI is InChI=1S/C14H14BrFN2O4/c15-10-3-1-2-9(6-10)12(20)17-7-11(19)18-5-4-14(16,8-18)13(21)22/h1-3,6H,4-5,7-8H2,(H,17,20)(H,21,22). The number of hydrogen-bond donors (Lipinski definition) is 2. The number of rotatable bonds is 4. The SMILES string of the molecule is O=C(NCC(=O)N1CCC(F)(C(=O)O)C1)c1cccc(Br)c1. The number of nitrogens with one attached hydrogen (secondary N) is 1. The van der Waals surface area contributed by atoms with Gasteiger partial charge in [0.05, 0.1) is 13.1 Å². The van der Waals surface area contributed by atoms with Gasteiger partial charge in [-0.1, -0.05) is 22.0 Å². The van der Waals surface area contributed by atoms with Gasteiger partial charge in [0.1, 0.15) is 0 Å². The second kappa shape index (κ2) is 6.43. The number of carboxylic acid groups (broad SMARTS) is 1. The van der Waals surface area contributed by atoms with Gasteiger partial charge in [0.2, 0.25) is 11.6 Å². The Balaban J connectivity index is 1.89. The summed E-state index contributed by atoms with van der Waals surface area (Å²) in [6.07, 6.45) is -0.242. The van der Waals surface area contributed by atoms with Crippen LogP contribution in [0.3, 0.4) is 0 Å². The lowest BCUT2D eigenvalue weighted by atomic mass is 10.1. The zero-order chi connectivity index (χ0) is 16.3. The molecule has 8 heteroatoms. The van der Waals surface area contributed by atoms with Crippen molar-refractivity contribution in [1.29, 1.82) is 0 Å². The normalized spacial score (nSPS) is 20.7. The van der Waals surface area contributed by atoms with Crippen molar-refractivity contribution >= 4 is 33.7 Å². The highest BCUT2D eigenvalue weighted by Crippen LogP contribution is 2.25. The van der Waals surface area contributed by atoms with Crippen LogP contribution in [0.5, 0.6) is 0 Å². The van der Waals surface area contributed by atoms with Crippen LogP contribution in [-0.2, 0) is 9.59 Å². The zero-order valence-corrected chi connectivity index (χ0v) is 13.1. The molecule has 1 fully saturated rings. The molecule has 0 bridgehead atoms. The lowest BCUT2D eigenvalue weighted by Crippen LogP contribution is -2.42. The quantitative estimate of drug-likeness (QED) is 0.831. The van der Waals surface area contributed by atoms with Gasteiger partial charge in [0, 0.05) is 23.0 Å². The maximum Gasteiger partial charge on any atom is 0.343 e. The topological polar surface area (TPSA) is 86.7 Å². The molecule has 0 radical (unpaired) electrons. The zero-order valence-electron chi connectivity index (χ0n) is 11.5. The van der Waals surface area contributed by atoms with E-state index in [1.54, 1.807) is 24.3 Å². The van der Waals surface area contributed by atoms with Crippen LogP contribution in [0, 0.1) is 0 Å². The van der Waals surface area contributed by atoms with Crippen LogP contribution in [0.4, 0.5) is 4.39 Å². The minimum atomic E-state index is -2.40. The van der Waals surface area contributed by atoms with Gasteiger partial charge in [-0.3, -0.25) is 9.59 Å². The molecule has 1 aliphatic rings. The molecule has 0 saturated carbocycles. The van der Waals surface area contributed by atoms with Crippen LogP contribution in [0.1, 0.15) is 16.8 Å². The first-order chi connectivity index (χ1) is 10.3. The Kier molecular flexibility index (Phi) is 4.80. The molecule has 2 N–H and O–H groups in total. The number of likely N-dealkylation sites (tertiary alicyclic amines) is 1.